The summed E-state index contributed by atoms with van der Waals surface area (Å²) in [6.45, 7) is 12.9. The SMILES string of the molecule is C=CC(=O)OCC(COC(=O)C=C)(COC(=O)C=C)NC(=O)CCCC/C(C)=C/CCC. The van der Waals surface area contributed by atoms with Gasteiger partial charge in [0.15, 0.2) is 0 Å². The van der Waals surface area contributed by atoms with Crippen molar-refractivity contribution < 1.29 is 33.4 Å². The average molecular weight is 450 g/mol. The molecule has 0 fully saturated rings. The van der Waals surface area contributed by atoms with E-state index in [-0.39, 0.29) is 12.3 Å². The van der Waals surface area contributed by atoms with Gasteiger partial charge in [-0.15, -0.1) is 0 Å². The third-order valence-corrected chi connectivity index (χ3v) is 4.38. The third-order valence-electron chi connectivity index (χ3n) is 4.38. The number of hydrogen-bond acceptors (Lipinski definition) is 7. The molecule has 8 nitrogen and oxygen atoms in total. The normalized spacial score (nSPS) is 11.1. The second-order valence-electron chi connectivity index (χ2n) is 7.31. The van der Waals surface area contributed by atoms with Crippen molar-refractivity contribution in [2.24, 2.45) is 0 Å². The van der Waals surface area contributed by atoms with Crippen LogP contribution in [-0.4, -0.2) is 49.2 Å². The van der Waals surface area contributed by atoms with Gasteiger partial charge in [-0.2, -0.15) is 0 Å². The van der Waals surface area contributed by atoms with E-state index in [2.05, 4.69) is 45.0 Å². The molecule has 0 aliphatic carbocycles. The molecule has 178 valence electrons. The fraction of sp³-hybridized carbons (Fsp3) is 0.500. The Morgan fingerprint density at radius 1 is 0.812 bits per heavy atom. The van der Waals surface area contributed by atoms with Crippen LogP contribution >= 0.6 is 0 Å². The van der Waals surface area contributed by atoms with Gasteiger partial charge in [0.25, 0.3) is 0 Å². The topological polar surface area (TPSA) is 108 Å². The van der Waals surface area contributed by atoms with Crippen LogP contribution < -0.4 is 5.32 Å². The largest absolute Gasteiger partial charge is 0.460 e. The highest BCUT2D eigenvalue weighted by Gasteiger charge is 2.37. The first-order valence-electron chi connectivity index (χ1n) is 10.6. The van der Waals surface area contributed by atoms with Gasteiger partial charge in [-0.1, -0.05) is 44.7 Å². The van der Waals surface area contributed by atoms with Crippen molar-refractivity contribution >= 4 is 23.8 Å². The summed E-state index contributed by atoms with van der Waals surface area (Å²) in [6.07, 6.45) is 9.72. The Hall–Kier alpha value is -3.16. The molecule has 8 heteroatoms. The van der Waals surface area contributed by atoms with Crippen LogP contribution in [0.2, 0.25) is 0 Å². The monoisotopic (exact) mass is 449 g/mol. The molecule has 0 radical (unpaired) electrons. The molecule has 0 heterocycles. The fourth-order valence-electron chi connectivity index (χ4n) is 2.58. The lowest BCUT2D eigenvalue weighted by molar-refractivity contribution is -0.153. The van der Waals surface area contributed by atoms with Gasteiger partial charge >= 0.3 is 17.9 Å². The summed E-state index contributed by atoms with van der Waals surface area (Å²) in [7, 11) is 0. The Kier molecular flexibility index (Phi) is 14.9. The third kappa shape index (κ3) is 13.2. The van der Waals surface area contributed by atoms with Crippen LogP contribution in [0.4, 0.5) is 0 Å². The summed E-state index contributed by atoms with van der Waals surface area (Å²) >= 11 is 0. The molecule has 1 amide bonds. The summed E-state index contributed by atoms with van der Waals surface area (Å²) in [5, 5.41) is 2.70. The molecular weight excluding hydrogens is 414 g/mol. The number of nitrogens with one attached hydrogen (secondary N) is 1. The highest BCUT2D eigenvalue weighted by molar-refractivity contribution is 5.83. The van der Waals surface area contributed by atoms with Gasteiger partial charge in [0.05, 0.1) is 0 Å². The van der Waals surface area contributed by atoms with Gasteiger partial charge in [0.2, 0.25) is 5.91 Å². The van der Waals surface area contributed by atoms with Crippen molar-refractivity contribution in [3.63, 3.8) is 0 Å². The number of rotatable bonds is 17. The number of carbonyl (C=O) groups excluding carboxylic acids is 4. The van der Waals surface area contributed by atoms with E-state index in [9.17, 15) is 19.2 Å². The van der Waals surface area contributed by atoms with E-state index in [0.717, 1.165) is 43.9 Å². The number of allylic oxidation sites excluding steroid dienone is 2. The molecule has 0 aliphatic heterocycles. The van der Waals surface area contributed by atoms with Gasteiger partial charge < -0.3 is 19.5 Å². The quantitative estimate of drug-likeness (QED) is 0.119. The smallest absolute Gasteiger partial charge is 0.330 e. The lowest BCUT2D eigenvalue weighted by atomic mass is 10.0. The number of hydrogen-bond donors (Lipinski definition) is 1. The number of ether oxygens (including phenoxy) is 3. The van der Waals surface area contributed by atoms with E-state index < -0.39 is 43.3 Å². The lowest BCUT2D eigenvalue weighted by Crippen LogP contribution is -2.59. The summed E-state index contributed by atoms with van der Waals surface area (Å²) in [5.41, 5.74) is -0.199. The standard InChI is InChI=1S/C24H35NO7/c1-6-10-13-19(5)14-11-12-15-20(26)25-24(16-30-21(27)7-2,17-31-22(28)8-3)18-32-23(29)9-4/h7-9,13H,2-4,6,10-12,14-18H2,1,5H3,(H,25,26)/b19-13+. The first-order chi connectivity index (χ1) is 15.2. The molecule has 0 aliphatic rings. The molecule has 0 saturated heterocycles. The Balaban J connectivity index is 5.24. The molecular formula is C24H35NO7. The predicted molar refractivity (Wildman–Crippen MR) is 121 cm³/mol. The van der Waals surface area contributed by atoms with Crippen LogP contribution in [0.25, 0.3) is 0 Å². The van der Waals surface area contributed by atoms with E-state index in [1.54, 1.807) is 0 Å². The van der Waals surface area contributed by atoms with E-state index in [4.69, 9.17) is 14.2 Å². The molecule has 0 atom stereocenters. The zero-order chi connectivity index (χ0) is 24.4. The van der Waals surface area contributed by atoms with Crippen LogP contribution in [0.3, 0.4) is 0 Å². The Morgan fingerprint density at radius 3 is 1.66 bits per heavy atom. The van der Waals surface area contributed by atoms with Crippen molar-refractivity contribution in [3.05, 3.63) is 49.6 Å². The van der Waals surface area contributed by atoms with Crippen LogP contribution in [0.1, 0.15) is 52.4 Å². The minimum Gasteiger partial charge on any atom is -0.460 e. The predicted octanol–water partition coefficient (Wildman–Crippen LogP) is 3.34. The summed E-state index contributed by atoms with van der Waals surface area (Å²) in [6, 6.07) is 0. The molecule has 0 spiro atoms. The highest BCUT2D eigenvalue weighted by atomic mass is 16.6. The molecule has 1 N–H and O–H groups in total. The molecule has 0 aromatic heterocycles. The van der Waals surface area contributed by atoms with Crippen LogP contribution in [0.15, 0.2) is 49.6 Å². The molecule has 32 heavy (non-hydrogen) atoms. The lowest BCUT2D eigenvalue weighted by Gasteiger charge is -2.32. The zero-order valence-corrected chi connectivity index (χ0v) is 19.2. The maximum Gasteiger partial charge on any atom is 0.330 e. The van der Waals surface area contributed by atoms with Crippen molar-refractivity contribution in [1.82, 2.24) is 5.32 Å². The van der Waals surface area contributed by atoms with Gasteiger partial charge in [0, 0.05) is 24.6 Å². The van der Waals surface area contributed by atoms with Gasteiger partial charge in [-0.3, -0.25) is 4.79 Å². The van der Waals surface area contributed by atoms with Crippen LogP contribution in [-0.2, 0) is 33.4 Å². The zero-order valence-electron chi connectivity index (χ0n) is 19.2. The molecule has 0 unspecified atom stereocenters. The van der Waals surface area contributed by atoms with Crippen molar-refractivity contribution in [2.45, 2.75) is 57.9 Å². The van der Waals surface area contributed by atoms with E-state index in [0.29, 0.717) is 6.42 Å². The first kappa shape index (κ1) is 28.8. The summed E-state index contributed by atoms with van der Waals surface area (Å²) in [5.74, 6) is -2.60. The minimum atomic E-state index is -1.48. The minimum absolute atomic E-state index is 0.197. The van der Waals surface area contributed by atoms with Crippen LogP contribution in [0, 0.1) is 0 Å². The molecule has 0 aromatic carbocycles. The average Bonchev–Trinajstić information content (AvgIpc) is 2.80. The van der Waals surface area contributed by atoms with Crippen molar-refractivity contribution in [2.75, 3.05) is 19.8 Å². The Morgan fingerprint density at radius 2 is 1.25 bits per heavy atom. The molecule has 0 saturated carbocycles. The highest BCUT2D eigenvalue weighted by Crippen LogP contribution is 2.13. The van der Waals surface area contributed by atoms with Gasteiger partial charge in [0.1, 0.15) is 25.4 Å². The van der Waals surface area contributed by atoms with E-state index in [1.165, 1.54) is 5.57 Å². The maximum atomic E-state index is 12.6. The van der Waals surface area contributed by atoms with Crippen LogP contribution in [0.5, 0.6) is 0 Å². The Bertz CT molecular complexity index is 649. The second kappa shape index (κ2) is 16.5. The molecule has 0 aromatic rings. The number of esters is 3. The fourth-order valence-corrected chi connectivity index (χ4v) is 2.58. The molecule has 0 bridgehead atoms. The number of unbranched alkanes of at least 4 members (excludes halogenated alkanes) is 2. The van der Waals surface area contributed by atoms with Crippen molar-refractivity contribution in [1.29, 1.82) is 0 Å². The first-order valence-corrected chi connectivity index (χ1v) is 10.6. The van der Waals surface area contributed by atoms with Gasteiger partial charge in [-0.05, 0) is 32.6 Å². The maximum absolute atomic E-state index is 12.6. The Labute approximate surface area is 190 Å². The van der Waals surface area contributed by atoms with Gasteiger partial charge in [-0.25, -0.2) is 14.4 Å². The van der Waals surface area contributed by atoms with E-state index in [1.807, 2.05) is 0 Å². The summed E-state index contributed by atoms with van der Waals surface area (Å²) in [4.78, 5) is 47.3. The summed E-state index contributed by atoms with van der Waals surface area (Å²) < 4.78 is 15.2. The number of carbonyl (C=O) groups is 4. The molecule has 0 rings (SSSR count). The van der Waals surface area contributed by atoms with Crippen molar-refractivity contribution in [3.8, 4) is 0 Å². The number of amides is 1. The second-order valence-corrected chi connectivity index (χ2v) is 7.31. The van der Waals surface area contributed by atoms with E-state index >= 15 is 0 Å².